The second-order valence-electron chi connectivity index (χ2n) is 15.5. The van der Waals surface area contributed by atoms with Gasteiger partial charge in [0.25, 0.3) is 0 Å². The quantitative estimate of drug-likeness (QED) is 0.0370. The van der Waals surface area contributed by atoms with Crippen molar-refractivity contribution in [3.8, 4) is 45.8 Å². The second kappa shape index (κ2) is 21.6. The van der Waals surface area contributed by atoms with Crippen molar-refractivity contribution in [2.75, 3.05) is 56.0 Å². The van der Waals surface area contributed by atoms with Crippen LogP contribution in [0.1, 0.15) is 100 Å². The van der Waals surface area contributed by atoms with Crippen LogP contribution in [0.25, 0.3) is 17.1 Å². The minimum Gasteiger partial charge on any atom is -0.508 e. The summed E-state index contributed by atoms with van der Waals surface area (Å²) in [5.74, 6) is 0.746. The Morgan fingerprint density at radius 3 is 2.02 bits per heavy atom. The maximum atomic E-state index is 12.6. The number of nitrogens with zero attached hydrogens (tertiary/aromatic N) is 4. The Hall–Kier alpha value is -5.80. The maximum Gasteiger partial charge on any atom is 0.200 e. The van der Waals surface area contributed by atoms with E-state index in [0.29, 0.717) is 26.8 Å². The number of phenols is 4. The van der Waals surface area contributed by atoms with Crippen molar-refractivity contribution < 1.29 is 30.0 Å². The van der Waals surface area contributed by atoms with Crippen molar-refractivity contribution in [1.82, 2.24) is 20.1 Å². The summed E-state index contributed by atoms with van der Waals surface area (Å²) in [6.07, 6.45) is 3.00. The Bertz CT molecular complexity index is 2380. The first-order chi connectivity index (χ1) is 28.9. The van der Waals surface area contributed by atoms with Crippen LogP contribution in [0.15, 0.2) is 60.7 Å². The molecule has 0 saturated heterocycles. The molecule has 0 radical (unpaired) electrons. The summed E-state index contributed by atoms with van der Waals surface area (Å²) in [7, 11) is 5.74. The number of carbonyl (C=O) groups is 1. The van der Waals surface area contributed by atoms with Gasteiger partial charge in [0.05, 0.1) is 36.2 Å². The molecular weight excluding hydrogens is 811 g/mol. The number of thiocarbonyl (C=S) groups is 1. The van der Waals surface area contributed by atoms with Crippen LogP contribution in [0.2, 0.25) is 0 Å². The van der Waals surface area contributed by atoms with E-state index >= 15 is 0 Å². The van der Waals surface area contributed by atoms with Crippen molar-refractivity contribution in [3.05, 3.63) is 87.7 Å². The summed E-state index contributed by atoms with van der Waals surface area (Å²) in [6, 6.07) is 17.8. The number of hydrogen-bond donors (Lipinski definition) is 7. The molecule has 4 aromatic carbocycles. The number of methoxy groups -OCH3 is 1. The molecule has 0 unspecified atom stereocenters. The molecule has 0 aliphatic carbocycles. The highest BCUT2D eigenvalue weighted by Crippen LogP contribution is 2.39. The van der Waals surface area contributed by atoms with Gasteiger partial charge in [0.1, 0.15) is 28.7 Å². The Morgan fingerprint density at radius 1 is 0.820 bits per heavy atom. The molecule has 5 aromatic rings. The third kappa shape index (κ3) is 11.7. The molecule has 0 aliphatic rings. The molecule has 0 fully saturated rings. The van der Waals surface area contributed by atoms with Crippen molar-refractivity contribution in [2.45, 2.75) is 79.6 Å². The predicted octanol–water partition coefficient (Wildman–Crippen LogP) is 9.79. The second-order valence-corrected chi connectivity index (χ2v) is 16.3. The zero-order valence-corrected chi connectivity index (χ0v) is 38.5. The molecule has 7 N–H and O–H groups in total. The Balaban J connectivity index is 0.000000269. The minimum atomic E-state index is -0.312. The van der Waals surface area contributed by atoms with Gasteiger partial charge in [-0.25, -0.2) is 0 Å². The molecular formula is C46H61N7O6S2. The molecule has 13 nitrogen and oxygen atoms in total. The van der Waals surface area contributed by atoms with Crippen LogP contribution in [-0.2, 0) is 6.42 Å². The number of hydrogen-bond acceptors (Lipinski definition) is 11. The Labute approximate surface area is 370 Å². The van der Waals surface area contributed by atoms with E-state index in [0.717, 1.165) is 66.4 Å². The largest absolute Gasteiger partial charge is 0.508 e. The number of aromatic hydroxyl groups is 4. The van der Waals surface area contributed by atoms with E-state index in [2.05, 4.69) is 70.6 Å². The number of H-pyrrole nitrogens is 1. The minimum absolute atomic E-state index is 0.0198. The summed E-state index contributed by atoms with van der Waals surface area (Å²) in [5.41, 5.74) is 6.97. The van der Waals surface area contributed by atoms with Gasteiger partial charge in [-0.15, -0.1) is 0 Å². The molecule has 1 aromatic heterocycles. The van der Waals surface area contributed by atoms with Crippen LogP contribution in [0.5, 0.6) is 28.7 Å². The first kappa shape index (κ1) is 47.9. The summed E-state index contributed by atoms with van der Waals surface area (Å²) in [5, 5.41) is 54.3. The third-order valence-electron chi connectivity index (χ3n) is 10.2. The number of ether oxygens (including phenoxy) is 1. The number of benzene rings is 4. The van der Waals surface area contributed by atoms with Crippen LogP contribution in [0, 0.1) is 4.77 Å². The van der Waals surface area contributed by atoms with Gasteiger partial charge in [-0.3, -0.25) is 14.5 Å². The lowest BCUT2D eigenvalue weighted by molar-refractivity contribution is 0.0994. The van der Waals surface area contributed by atoms with Gasteiger partial charge in [-0.2, -0.15) is 5.10 Å². The normalized spacial score (nSPS) is 11.0. The highest BCUT2D eigenvalue weighted by molar-refractivity contribution is 7.80. The van der Waals surface area contributed by atoms with Crippen LogP contribution in [0.3, 0.4) is 0 Å². The van der Waals surface area contributed by atoms with E-state index in [-0.39, 0.29) is 52.7 Å². The zero-order chi connectivity index (χ0) is 45.1. The van der Waals surface area contributed by atoms with Gasteiger partial charge in [0.2, 0.25) is 0 Å². The average Bonchev–Trinajstić information content (AvgIpc) is 3.60. The molecule has 0 bridgehead atoms. The van der Waals surface area contributed by atoms with E-state index < -0.39 is 0 Å². The maximum absolute atomic E-state index is 12.6. The Morgan fingerprint density at radius 2 is 1.43 bits per heavy atom. The number of anilines is 3. The van der Waals surface area contributed by atoms with Crippen molar-refractivity contribution in [2.24, 2.45) is 0 Å². The molecule has 0 spiro atoms. The van der Waals surface area contributed by atoms with E-state index in [1.807, 2.05) is 59.0 Å². The van der Waals surface area contributed by atoms with Crippen LogP contribution in [-0.4, -0.2) is 86.9 Å². The number of phenolic OH excluding ortho intramolecular Hbond substituents is 4. The van der Waals surface area contributed by atoms with Crippen LogP contribution >= 0.6 is 24.4 Å². The fraction of sp³-hybridized carbons (Fsp3) is 0.391. The number of aryl methyl sites for hydroxylation is 1. The summed E-state index contributed by atoms with van der Waals surface area (Å²) < 4.78 is 7.71. The van der Waals surface area contributed by atoms with E-state index in [9.17, 15) is 25.2 Å². The lowest BCUT2D eigenvalue weighted by Gasteiger charge is -2.23. The average molecular weight is 872 g/mol. The standard InChI is InChI=1S/C24H33N3O3S.C22H28N4O3S/c1-6-10-27(5)20-11-17(9-8-16(20)7-2)26-24(31)25-14-23(30)19-12-18(15(3)4)21(28)13-22(19)29;1-6-9-25(4)17-10-14(7-8-20(17)29-5)26-21(23-24-22(26)30)16-11-15(13(2)3)18(27)12-19(16)28/h8-9,11-13,15,28-29H,6-7,10,14H2,1-5H3,(H2,25,26,31);7-8,10-13,27-28H,6,9H2,1-5H3,(H,24,30). The topological polar surface area (TPSA) is 171 Å². The predicted molar refractivity (Wildman–Crippen MR) is 254 cm³/mol. The fourth-order valence-corrected chi connectivity index (χ4v) is 7.41. The van der Waals surface area contributed by atoms with Gasteiger partial charge in [0, 0.05) is 50.7 Å². The lowest BCUT2D eigenvalue weighted by Crippen LogP contribution is -2.33. The highest BCUT2D eigenvalue weighted by Gasteiger charge is 2.21. The molecule has 5 rings (SSSR count). The SMILES string of the molecule is CCCN(C)c1cc(-n2c(-c3cc(C(C)C)c(O)cc3O)n[nH]c2=S)ccc1OC.CCCN(C)c1cc(NC(=S)NCC(=O)c2cc(C(C)C)c(O)cc2O)ccc1CC. The summed E-state index contributed by atoms with van der Waals surface area (Å²) in [4.78, 5) is 17.0. The lowest BCUT2D eigenvalue weighted by atomic mass is 9.97. The first-order valence-electron chi connectivity index (χ1n) is 20.6. The molecule has 15 heteroatoms. The van der Waals surface area contributed by atoms with Gasteiger partial charge in [-0.1, -0.05) is 54.5 Å². The molecule has 0 aliphatic heterocycles. The van der Waals surface area contributed by atoms with Gasteiger partial charge in [-0.05, 0) is 115 Å². The molecule has 0 saturated carbocycles. The number of Topliss-reactive ketones (excluding diaryl/α,β-unsaturated/α-hetero) is 1. The van der Waals surface area contributed by atoms with Crippen molar-refractivity contribution in [1.29, 1.82) is 0 Å². The molecule has 328 valence electrons. The number of rotatable bonds is 16. The summed E-state index contributed by atoms with van der Waals surface area (Å²) >= 11 is 10.9. The van der Waals surface area contributed by atoms with Crippen LogP contribution < -0.4 is 25.2 Å². The van der Waals surface area contributed by atoms with Crippen molar-refractivity contribution in [3.63, 3.8) is 0 Å². The number of ketones is 1. The number of nitrogens with one attached hydrogen (secondary N) is 3. The molecule has 0 amide bonds. The molecule has 61 heavy (non-hydrogen) atoms. The van der Waals surface area contributed by atoms with Crippen molar-refractivity contribution >= 4 is 52.4 Å². The Kier molecular flexibility index (Phi) is 17.0. The third-order valence-corrected chi connectivity index (χ3v) is 10.8. The number of aromatic nitrogens is 3. The van der Waals surface area contributed by atoms with Gasteiger partial charge in [0.15, 0.2) is 21.5 Å². The monoisotopic (exact) mass is 871 g/mol. The fourth-order valence-electron chi connectivity index (χ4n) is 6.99. The smallest absolute Gasteiger partial charge is 0.200 e. The van der Waals surface area contributed by atoms with Gasteiger partial charge >= 0.3 is 0 Å². The summed E-state index contributed by atoms with van der Waals surface area (Å²) in [6.45, 7) is 15.9. The number of aromatic amines is 1. The van der Waals surface area contributed by atoms with Gasteiger partial charge < -0.3 is 45.6 Å². The number of carbonyl (C=O) groups excluding carboxylic acids is 1. The zero-order valence-electron chi connectivity index (χ0n) is 36.9. The van der Waals surface area contributed by atoms with Crippen LogP contribution in [0.4, 0.5) is 17.1 Å². The van der Waals surface area contributed by atoms with E-state index in [1.54, 1.807) is 17.7 Å². The van der Waals surface area contributed by atoms with E-state index in [4.69, 9.17) is 29.2 Å². The molecule has 1 heterocycles. The van der Waals surface area contributed by atoms with E-state index in [1.165, 1.54) is 23.8 Å². The first-order valence-corrected chi connectivity index (χ1v) is 21.4. The molecule has 0 atom stereocenters. The highest BCUT2D eigenvalue weighted by atomic mass is 32.1.